The molecule has 1 aliphatic heterocycles. The second kappa shape index (κ2) is 5.85. The predicted molar refractivity (Wildman–Crippen MR) is 81.8 cm³/mol. The minimum atomic E-state index is -3.59. The van der Waals surface area contributed by atoms with Crippen LogP contribution in [0, 0.1) is 6.92 Å². The van der Waals surface area contributed by atoms with Crippen LogP contribution in [0.3, 0.4) is 0 Å². The maximum absolute atomic E-state index is 12.4. The number of nitrogens with zero attached hydrogens (tertiary/aromatic N) is 4. The van der Waals surface area contributed by atoms with Crippen LogP contribution in [0.2, 0.25) is 0 Å². The van der Waals surface area contributed by atoms with Gasteiger partial charge in [-0.2, -0.15) is 5.10 Å². The first kappa shape index (κ1) is 15.2. The van der Waals surface area contributed by atoms with Crippen LogP contribution in [0.4, 0.5) is 0 Å². The number of aromatic nitrogens is 4. The van der Waals surface area contributed by atoms with E-state index in [4.69, 9.17) is 0 Å². The van der Waals surface area contributed by atoms with Gasteiger partial charge < -0.3 is 4.57 Å². The van der Waals surface area contributed by atoms with Crippen molar-refractivity contribution in [1.82, 2.24) is 24.1 Å². The van der Waals surface area contributed by atoms with Gasteiger partial charge in [-0.3, -0.25) is 4.68 Å². The monoisotopic (exact) mass is 323 g/mol. The van der Waals surface area contributed by atoms with Crippen molar-refractivity contribution in [2.24, 2.45) is 0 Å². The highest BCUT2D eigenvalue weighted by Gasteiger charge is 2.21. The molecule has 2 aromatic rings. The van der Waals surface area contributed by atoms with E-state index in [1.165, 1.54) is 0 Å². The second-order valence-corrected chi connectivity index (χ2v) is 7.25. The summed E-state index contributed by atoms with van der Waals surface area (Å²) in [7, 11) is -3.59. The van der Waals surface area contributed by atoms with E-state index in [0.29, 0.717) is 12.4 Å². The molecule has 0 saturated carbocycles. The maximum Gasteiger partial charge on any atom is 0.259 e. The Morgan fingerprint density at radius 2 is 2.18 bits per heavy atom. The predicted octanol–water partition coefficient (Wildman–Crippen LogP) is 1.22. The minimum absolute atomic E-state index is 0.0767. The van der Waals surface area contributed by atoms with E-state index in [0.717, 1.165) is 37.1 Å². The Bertz CT molecular complexity index is 775. The molecule has 120 valence electrons. The molecule has 0 bridgehead atoms. The van der Waals surface area contributed by atoms with Gasteiger partial charge in [0.2, 0.25) is 0 Å². The summed E-state index contributed by atoms with van der Waals surface area (Å²) in [5.74, 6) is 0.700. The van der Waals surface area contributed by atoms with Crippen molar-refractivity contribution in [2.45, 2.75) is 57.8 Å². The highest BCUT2D eigenvalue weighted by atomic mass is 32.2. The molecule has 0 atom stereocenters. The molecule has 2 aromatic heterocycles. The first-order valence-corrected chi connectivity index (χ1v) is 9.06. The van der Waals surface area contributed by atoms with Crippen LogP contribution in [0.5, 0.6) is 0 Å². The van der Waals surface area contributed by atoms with E-state index in [-0.39, 0.29) is 11.6 Å². The molecule has 0 fully saturated rings. The normalized spacial score (nSPS) is 15.0. The average molecular weight is 323 g/mol. The van der Waals surface area contributed by atoms with Gasteiger partial charge in [-0.1, -0.05) is 0 Å². The van der Waals surface area contributed by atoms with Crippen LogP contribution in [-0.4, -0.2) is 27.7 Å². The molecule has 0 radical (unpaired) electrons. The van der Waals surface area contributed by atoms with Crippen LogP contribution >= 0.6 is 0 Å². The van der Waals surface area contributed by atoms with Crippen molar-refractivity contribution < 1.29 is 8.42 Å². The van der Waals surface area contributed by atoms with E-state index in [9.17, 15) is 8.42 Å². The van der Waals surface area contributed by atoms with Gasteiger partial charge in [0.15, 0.2) is 5.03 Å². The summed E-state index contributed by atoms with van der Waals surface area (Å²) in [6.07, 6.45) is 6.56. The third-order valence-corrected chi connectivity index (χ3v) is 5.36. The SMILES string of the molecule is CCn1cc(S(=O)(=O)NCc2cnn3c2CCCC3)nc1C. The van der Waals surface area contributed by atoms with Gasteiger partial charge >= 0.3 is 0 Å². The van der Waals surface area contributed by atoms with Gasteiger partial charge in [-0.25, -0.2) is 18.1 Å². The Kier molecular flexibility index (Phi) is 4.05. The Morgan fingerprint density at radius 1 is 1.36 bits per heavy atom. The quantitative estimate of drug-likeness (QED) is 0.897. The molecular weight excluding hydrogens is 302 g/mol. The number of hydrogen-bond donors (Lipinski definition) is 1. The van der Waals surface area contributed by atoms with Crippen molar-refractivity contribution in [3.63, 3.8) is 0 Å². The van der Waals surface area contributed by atoms with E-state index in [1.54, 1.807) is 19.3 Å². The van der Waals surface area contributed by atoms with Gasteiger partial charge in [0.05, 0.1) is 6.20 Å². The second-order valence-electron chi connectivity index (χ2n) is 5.53. The summed E-state index contributed by atoms with van der Waals surface area (Å²) >= 11 is 0. The van der Waals surface area contributed by atoms with Gasteiger partial charge in [-0.05, 0) is 33.1 Å². The van der Waals surface area contributed by atoms with Gasteiger partial charge in [0.25, 0.3) is 10.0 Å². The number of fused-ring (bicyclic) bond motifs is 1. The Hall–Kier alpha value is -1.67. The lowest BCUT2D eigenvalue weighted by atomic mass is 10.1. The number of nitrogens with one attached hydrogen (secondary N) is 1. The number of rotatable bonds is 5. The summed E-state index contributed by atoms with van der Waals surface area (Å²) in [5.41, 5.74) is 2.10. The molecule has 0 aliphatic carbocycles. The van der Waals surface area contributed by atoms with E-state index >= 15 is 0 Å². The molecule has 3 rings (SSSR count). The highest BCUT2D eigenvalue weighted by Crippen LogP contribution is 2.18. The molecule has 1 aliphatic rings. The molecule has 8 heteroatoms. The molecule has 0 aromatic carbocycles. The van der Waals surface area contributed by atoms with Crippen LogP contribution in [0.25, 0.3) is 0 Å². The minimum Gasteiger partial charge on any atom is -0.334 e. The van der Waals surface area contributed by atoms with E-state index in [1.807, 2.05) is 16.2 Å². The molecule has 0 unspecified atom stereocenters. The molecule has 7 nitrogen and oxygen atoms in total. The topological polar surface area (TPSA) is 81.8 Å². The Labute approximate surface area is 130 Å². The Morgan fingerprint density at radius 3 is 2.91 bits per heavy atom. The number of sulfonamides is 1. The molecule has 0 spiro atoms. The van der Waals surface area contributed by atoms with Crippen molar-refractivity contribution in [3.05, 3.63) is 29.5 Å². The van der Waals surface area contributed by atoms with Crippen molar-refractivity contribution in [2.75, 3.05) is 0 Å². The number of aryl methyl sites for hydroxylation is 3. The van der Waals surface area contributed by atoms with Gasteiger partial charge in [0, 0.05) is 37.1 Å². The lowest BCUT2D eigenvalue weighted by Gasteiger charge is -2.14. The zero-order valence-corrected chi connectivity index (χ0v) is 13.7. The lowest BCUT2D eigenvalue weighted by molar-refractivity contribution is 0.483. The van der Waals surface area contributed by atoms with Crippen LogP contribution in [0.1, 0.15) is 36.8 Å². The smallest absolute Gasteiger partial charge is 0.259 e. The van der Waals surface area contributed by atoms with Gasteiger partial charge in [-0.15, -0.1) is 0 Å². The summed E-state index contributed by atoms with van der Waals surface area (Å²) in [5, 5.41) is 4.40. The van der Waals surface area contributed by atoms with Crippen molar-refractivity contribution in [1.29, 1.82) is 0 Å². The largest absolute Gasteiger partial charge is 0.334 e. The fourth-order valence-corrected chi connectivity index (χ4v) is 3.82. The number of imidazole rings is 1. The molecule has 0 saturated heterocycles. The molecule has 0 amide bonds. The lowest BCUT2D eigenvalue weighted by Crippen LogP contribution is -2.24. The fraction of sp³-hybridized carbons (Fsp3) is 0.571. The zero-order chi connectivity index (χ0) is 15.7. The summed E-state index contributed by atoms with van der Waals surface area (Å²) in [6, 6.07) is 0. The maximum atomic E-state index is 12.4. The summed E-state index contributed by atoms with van der Waals surface area (Å²) in [4.78, 5) is 4.13. The molecule has 22 heavy (non-hydrogen) atoms. The van der Waals surface area contributed by atoms with Crippen LogP contribution in [0.15, 0.2) is 17.4 Å². The summed E-state index contributed by atoms with van der Waals surface area (Å²) < 4.78 is 31.2. The molecular formula is C14H21N5O2S. The van der Waals surface area contributed by atoms with Crippen molar-refractivity contribution in [3.8, 4) is 0 Å². The van der Waals surface area contributed by atoms with Crippen LogP contribution in [-0.2, 0) is 36.1 Å². The Balaban J connectivity index is 1.76. The van der Waals surface area contributed by atoms with Gasteiger partial charge in [0.1, 0.15) is 5.82 Å². The molecule has 3 heterocycles. The molecule has 1 N–H and O–H groups in total. The fourth-order valence-electron chi connectivity index (χ4n) is 2.81. The van der Waals surface area contributed by atoms with E-state index in [2.05, 4.69) is 14.8 Å². The first-order valence-electron chi connectivity index (χ1n) is 7.58. The zero-order valence-electron chi connectivity index (χ0n) is 12.9. The first-order chi connectivity index (χ1) is 10.5. The third-order valence-electron chi connectivity index (χ3n) is 4.09. The standard InChI is InChI=1S/C14H21N5O2S/c1-3-18-10-14(17-11(18)2)22(20,21)16-9-12-8-15-19-7-5-4-6-13(12)19/h8,10,16H,3-7,9H2,1-2H3. The van der Waals surface area contributed by atoms with Crippen LogP contribution < -0.4 is 4.72 Å². The average Bonchev–Trinajstić information content (AvgIpc) is 3.09. The van der Waals surface area contributed by atoms with Crippen molar-refractivity contribution >= 4 is 10.0 Å². The van der Waals surface area contributed by atoms with E-state index < -0.39 is 10.0 Å². The number of hydrogen-bond acceptors (Lipinski definition) is 4. The summed E-state index contributed by atoms with van der Waals surface area (Å²) in [6.45, 7) is 5.64. The highest BCUT2D eigenvalue weighted by molar-refractivity contribution is 7.89. The third kappa shape index (κ3) is 2.80.